The summed E-state index contributed by atoms with van der Waals surface area (Å²) >= 11 is 0. The van der Waals surface area contributed by atoms with Crippen LogP contribution in [0.4, 0.5) is 21.0 Å². The van der Waals surface area contributed by atoms with Crippen molar-refractivity contribution >= 4 is 40.5 Å². The number of aliphatic imine (C=N–C) groups is 1. The van der Waals surface area contributed by atoms with Gasteiger partial charge in [-0.2, -0.15) is 4.99 Å². The lowest BCUT2D eigenvalue weighted by molar-refractivity contribution is -0.111. The normalized spacial score (nSPS) is 20.4. The summed E-state index contributed by atoms with van der Waals surface area (Å²) in [5.41, 5.74) is 5.99. The van der Waals surface area contributed by atoms with Gasteiger partial charge >= 0.3 is 12.1 Å². The molecule has 0 radical (unpaired) electrons. The van der Waals surface area contributed by atoms with E-state index >= 15 is 4.79 Å². The first-order chi connectivity index (χ1) is 36.7. The molecule has 7 rings (SSSR count). The lowest BCUT2D eigenvalue weighted by atomic mass is 9.73. The molecule has 0 spiro atoms. The Morgan fingerprint density at radius 3 is 1.52 bits per heavy atom. The summed E-state index contributed by atoms with van der Waals surface area (Å²) in [6.45, 7) is 46.4. The number of phenols is 2. The Labute approximate surface area is 476 Å². The molecule has 2 aliphatic heterocycles. The van der Waals surface area contributed by atoms with Gasteiger partial charge in [-0.05, 0) is 123 Å². The van der Waals surface area contributed by atoms with E-state index in [-0.39, 0.29) is 117 Å². The summed E-state index contributed by atoms with van der Waals surface area (Å²) < 4.78 is 12.4. The quantitative estimate of drug-likeness (QED) is 0.0753. The van der Waals surface area contributed by atoms with Crippen molar-refractivity contribution in [3.63, 3.8) is 0 Å². The number of Topliss-reactive ketones (excluding diaryl/α,β-unsaturated/α-hetero) is 1. The Hall–Kier alpha value is -6.70. The van der Waals surface area contributed by atoms with Crippen LogP contribution in [0.2, 0.25) is 0 Å². The van der Waals surface area contributed by atoms with Gasteiger partial charge < -0.3 is 50.5 Å². The number of nitrogens with one attached hydrogen (secondary N) is 3. The number of benzene rings is 3. The Morgan fingerprint density at radius 1 is 0.637 bits per heavy atom. The molecule has 1 saturated heterocycles. The van der Waals surface area contributed by atoms with Gasteiger partial charge in [-0.15, -0.1) is 0 Å². The second kappa shape index (κ2) is 21.3. The number of allylic oxidation sites excluding steroid dienone is 6. The Bertz CT molecular complexity index is 3090. The number of likely N-dealkylation sites (tertiary alicyclic amines) is 1. The van der Waals surface area contributed by atoms with Crippen LogP contribution in [0, 0.1) is 5.41 Å². The van der Waals surface area contributed by atoms with Crippen molar-refractivity contribution in [1.82, 2.24) is 15.5 Å². The maximum absolute atomic E-state index is 15.1. The monoisotopic (exact) mass is 1100 g/mol. The molecule has 80 heavy (non-hydrogen) atoms. The van der Waals surface area contributed by atoms with Crippen LogP contribution in [0.25, 0.3) is 5.57 Å². The number of carbonyl (C=O) groups excluding carboxylic acids is 3. The number of ether oxygens (including phenoxy) is 2. The molecule has 3 aromatic rings. The number of carbonyl (C=O) groups is 3. The number of ketones is 1. The van der Waals surface area contributed by atoms with Crippen molar-refractivity contribution < 1.29 is 39.2 Å². The molecule has 4 aliphatic rings. The van der Waals surface area contributed by atoms with Crippen molar-refractivity contribution in [2.75, 3.05) is 36.5 Å². The minimum Gasteiger partial charge on any atom is -0.507 e. The van der Waals surface area contributed by atoms with Gasteiger partial charge in [0.2, 0.25) is 5.78 Å². The molecule has 2 unspecified atom stereocenters. The van der Waals surface area contributed by atoms with Crippen LogP contribution in [0.5, 0.6) is 23.0 Å². The van der Waals surface area contributed by atoms with Gasteiger partial charge in [-0.3, -0.25) is 4.79 Å². The van der Waals surface area contributed by atoms with Gasteiger partial charge in [-0.1, -0.05) is 111 Å². The van der Waals surface area contributed by atoms with E-state index in [9.17, 15) is 24.9 Å². The molecule has 2 atom stereocenters. The zero-order chi connectivity index (χ0) is 59.9. The number of hydrogen-bond donors (Lipinski definition) is 6. The number of aliphatic hydroxyl groups excluding tert-OH is 1. The summed E-state index contributed by atoms with van der Waals surface area (Å²) in [7, 11) is 0. The van der Waals surface area contributed by atoms with E-state index in [2.05, 4.69) is 100.0 Å². The van der Waals surface area contributed by atoms with Gasteiger partial charge in [0.1, 0.15) is 42.0 Å². The molecule has 14 heteroatoms. The van der Waals surface area contributed by atoms with E-state index in [0.717, 1.165) is 44.8 Å². The molecule has 3 aromatic carbocycles. The summed E-state index contributed by atoms with van der Waals surface area (Å²) in [5, 5.41) is 43.8. The fourth-order valence-corrected chi connectivity index (χ4v) is 11.8. The fourth-order valence-electron chi connectivity index (χ4n) is 11.8. The van der Waals surface area contributed by atoms with Crippen LogP contribution in [0.3, 0.4) is 0 Å². The lowest BCUT2D eigenvalue weighted by Gasteiger charge is -2.34. The first kappa shape index (κ1) is 60.9. The average Bonchev–Trinajstić information content (AvgIpc) is 3.64. The largest absolute Gasteiger partial charge is 0.507 e. The number of rotatable bonds is 12. The summed E-state index contributed by atoms with van der Waals surface area (Å²) in [6, 6.07) is 10.4. The SMILES string of the molecule is CC(C)N1C2=CC(=NC(=O)NCCOc3cc(C(C)(C)C)c(O)c(C(C)(C)C)c3)/C(=C3/C(=O)C(c4cc5c(cc4NC(=O)NCCOc4cc(C(C)(C)C)c(O)c(C(C)(C)C)c4)N(C(C)C)C(C)C5(C)C)=C3O)C=C2C(C)(C)C1C. The number of nitrogens with zero attached hydrogens (tertiary/aromatic N) is 3. The molecule has 6 N–H and O–H groups in total. The number of phenolic OH excluding ortho intramolecular Hbond substituents is 2. The highest BCUT2D eigenvalue weighted by atomic mass is 16.5. The number of fused-ring (bicyclic) bond motifs is 2. The van der Waals surface area contributed by atoms with E-state index in [1.165, 1.54) is 0 Å². The second-order valence-electron chi connectivity index (χ2n) is 28.2. The number of amides is 4. The van der Waals surface area contributed by atoms with Gasteiger partial charge in [-0.25, -0.2) is 9.59 Å². The van der Waals surface area contributed by atoms with Crippen LogP contribution in [0.1, 0.15) is 186 Å². The maximum Gasteiger partial charge on any atom is 0.341 e. The molecule has 2 heterocycles. The van der Waals surface area contributed by atoms with Gasteiger partial charge in [0.15, 0.2) is 0 Å². The first-order valence-electron chi connectivity index (χ1n) is 28.6. The summed E-state index contributed by atoms with van der Waals surface area (Å²) in [4.78, 5) is 52.3. The van der Waals surface area contributed by atoms with E-state index in [0.29, 0.717) is 28.3 Å². The van der Waals surface area contributed by atoms with Crippen LogP contribution in [-0.2, 0) is 31.9 Å². The van der Waals surface area contributed by atoms with Crippen molar-refractivity contribution in [3.05, 3.63) is 110 Å². The van der Waals surface area contributed by atoms with Crippen LogP contribution < -0.4 is 30.3 Å². The van der Waals surface area contributed by atoms with Crippen molar-refractivity contribution in [2.45, 2.75) is 204 Å². The highest BCUT2D eigenvalue weighted by molar-refractivity contribution is 6.42. The molecule has 4 amide bonds. The minimum absolute atomic E-state index is 0.0312. The number of aliphatic hydroxyl groups is 1. The third-order valence-electron chi connectivity index (χ3n) is 16.9. The van der Waals surface area contributed by atoms with E-state index in [4.69, 9.17) is 9.47 Å². The standard InChI is InChI=1S/C66H92N6O8/c1-35(2)71-37(5)65(19,20)43-31-41(49(33-51(43)71)69-59(77)67-23-25-79-39-27-45(61(7,8)9)55(73)46(28-39)62(10,11)12)53-57(75)54(58(53)76)42-32-44-52(72(36(3)4)38(6)66(44,21)22)34-50(42)70-60(78)68-24-26-80-40-29-47(63(13,14)15)56(74)48(30-40)64(16,17)18/h27-38,73-75H,23-26H2,1-22H3,(H,67,77)(H2,68,70,78)/b53-41+,69-49?. The molecular weight excluding hydrogens is 1000 g/mol. The third kappa shape index (κ3) is 11.5. The molecule has 0 bridgehead atoms. The molecule has 1 fully saturated rings. The predicted octanol–water partition coefficient (Wildman–Crippen LogP) is 13.7. The molecule has 0 saturated carbocycles. The molecule has 434 valence electrons. The molecule has 2 aliphatic carbocycles. The maximum atomic E-state index is 15.1. The number of anilines is 2. The number of hydrogen-bond acceptors (Lipinski definition) is 10. The fraction of sp³-hybridized carbons (Fsp3) is 0.545. The Balaban J connectivity index is 1.23. The molecule has 0 aromatic heterocycles. The highest BCUT2D eigenvalue weighted by Gasteiger charge is 2.50. The first-order valence-corrected chi connectivity index (χ1v) is 28.6. The van der Waals surface area contributed by atoms with Crippen molar-refractivity contribution in [2.24, 2.45) is 10.4 Å². The van der Waals surface area contributed by atoms with Crippen LogP contribution >= 0.6 is 0 Å². The summed E-state index contributed by atoms with van der Waals surface area (Å²) in [5.74, 6) is 0.949. The van der Waals surface area contributed by atoms with Crippen molar-refractivity contribution in [3.8, 4) is 23.0 Å². The lowest BCUT2D eigenvalue weighted by Crippen LogP contribution is -2.42. The number of urea groups is 2. The van der Waals surface area contributed by atoms with Crippen molar-refractivity contribution in [1.29, 1.82) is 0 Å². The van der Waals surface area contributed by atoms with Gasteiger partial charge in [0, 0.05) is 79.8 Å². The molecular formula is C66H92N6O8. The Morgan fingerprint density at radius 2 is 1.09 bits per heavy atom. The third-order valence-corrected chi connectivity index (χ3v) is 16.9. The highest BCUT2D eigenvalue weighted by Crippen LogP contribution is 2.54. The van der Waals surface area contributed by atoms with Gasteiger partial charge in [0.25, 0.3) is 0 Å². The van der Waals surface area contributed by atoms with E-state index < -0.39 is 17.8 Å². The predicted molar refractivity (Wildman–Crippen MR) is 324 cm³/mol. The second-order valence-corrected chi connectivity index (χ2v) is 28.2. The average molecular weight is 1100 g/mol. The van der Waals surface area contributed by atoms with E-state index in [1.807, 2.05) is 132 Å². The summed E-state index contributed by atoms with van der Waals surface area (Å²) in [6.07, 6.45) is 3.76. The Kier molecular flexibility index (Phi) is 16.2. The zero-order valence-corrected chi connectivity index (χ0v) is 52.0. The molecule has 14 nitrogen and oxygen atoms in total. The minimum atomic E-state index is -0.649. The smallest absolute Gasteiger partial charge is 0.341 e. The van der Waals surface area contributed by atoms with Crippen LogP contribution in [-0.4, -0.2) is 94.2 Å². The zero-order valence-electron chi connectivity index (χ0n) is 52.0. The topological polar surface area (TPSA) is 185 Å². The number of aromatic hydroxyl groups is 2. The van der Waals surface area contributed by atoms with E-state index in [1.54, 1.807) is 0 Å². The van der Waals surface area contributed by atoms with Gasteiger partial charge in [0.05, 0.1) is 35.6 Å². The van der Waals surface area contributed by atoms with Crippen LogP contribution in [0.15, 0.2) is 81.7 Å².